The summed E-state index contributed by atoms with van der Waals surface area (Å²) >= 11 is 0. The van der Waals surface area contributed by atoms with Crippen molar-refractivity contribution in [2.45, 2.75) is 38.6 Å². The molecule has 0 saturated carbocycles. The van der Waals surface area contributed by atoms with Crippen molar-refractivity contribution in [3.8, 4) is 0 Å². The maximum absolute atomic E-state index is 6.13. The molecule has 1 atom stereocenters. The number of hydrogen-bond acceptors (Lipinski definition) is 5. The van der Waals surface area contributed by atoms with E-state index in [1.165, 1.54) is 5.56 Å². The average Bonchev–Trinajstić information content (AvgIpc) is 3.23. The van der Waals surface area contributed by atoms with Gasteiger partial charge in [-0.2, -0.15) is 5.10 Å². The highest BCUT2D eigenvalue weighted by molar-refractivity contribution is 5.10. The van der Waals surface area contributed by atoms with Crippen LogP contribution in [0.3, 0.4) is 0 Å². The summed E-state index contributed by atoms with van der Waals surface area (Å²) in [5.74, 6) is 0.485. The number of rotatable bonds is 7. The Morgan fingerprint density at radius 2 is 2.24 bits per heavy atom. The maximum atomic E-state index is 6.13. The summed E-state index contributed by atoms with van der Waals surface area (Å²) in [5.41, 5.74) is 2.40. The van der Waals surface area contributed by atoms with Crippen LogP contribution >= 0.6 is 0 Å². The van der Waals surface area contributed by atoms with Gasteiger partial charge in [0.1, 0.15) is 0 Å². The average molecular weight is 342 g/mol. The molecule has 4 heterocycles. The lowest BCUT2D eigenvalue weighted by molar-refractivity contribution is -0.146. The van der Waals surface area contributed by atoms with E-state index in [0.717, 1.165) is 51.4 Å². The fraction of sp³-hybridized carbons (Fsp3) is 0.579. The topological polar surface area (TPSA) is 52.4 Å². The molecule has 2 saturated heterocycles. The predicted molar refractivity (Wildman–Crippen MR) is 93.9 cm³/mol. The molecular formula is C19H26N4O2. The zero-order chi connectivity index (χ0) is 17.1. The minimum Gasteiger partial charge on any atom is -0.376 e. The summed E-state index contributed by atoms with van der Waals surface area (Å²) in [4.78, 5) is 6.57. The summed E-state index contributed by atoms with van der Waals surface area (Å²) in [5, 5.41) is 4.35. The molecule has 0 amide bonds. The van der Waals surface area contributed by atoms with Gasteiger partial charge in [-0.25, -0.2) is 0 Å². The van der Waals surface area contributed by atoms with Crippen LogP contribution in [0.5, 0.6) is 0 Å². The maximum Gasteiger partial charge on any atom is 0.0985 e. The summed E-state index contributed by atoms with van der Waals surface area (Å²) < 4.78 is 14.1. The monoisotopic (exact) mass is 342 g/mol. The molecule has 2 aliphatic heterocycles. The van der Waals surface area contributed by atoms with Gasteiger partial charge in [0, 0.05) is 62.9 Å². The zero-order valence-corrected chi connectivity index (χ0v) is 14.8. The van der Waals surface area contributed by atoms with Crippen molar-refractivity contribution >= 4 is 0 Å². The number of pyridine rings is 1. The van der Waals surface area contributed by atoms with Gasteiger partial charge in [-0.1, -0.05) is 6.07 Å². The van der Waals surface area contributed by atoms with Crippen LogP contribution in [0, 0.1) is 5.92 Å². The van der Waals surface area contributed by atoms with E-state index < -0.39 is 0 Å². The number of aromatic nitrogens is 3. The van der Waals surface area contributed by atoms with Crippen molar-refractivity contribution in [1.82, 2.24) is 19.7 Å². The highest BCUT2D eigenvalue weighted by atomic mass is 16.5. The fourth-order valence-electron chi connectivity index (χ4n) is 3.91. The molecule has 2 aromatic heterocycles. The number of likely N-dealkylation sites (tertiary alicyclic amines) is 1. The summed E-state index contributed by atoms with van der Waals surface area (Å²) in [7, 11) is 0. The van der Waals surface area contributed by atoms with Gasteiger partial charge in [-0.3, -0.25) is 14.6 Å². The standard InChI is InChI=1S/C19H26N4O2/c1-2-23-11-17(9-21-23)10-22-14-19(15-22)18(5-7-25-19)13-24-12-16-4-3-6-20-8-16/h3-4,6,8-9,11,18H,2,5,7,10,12-15H2,1H3/t18-/m0/s1. The van der Waals surface area contributed by atoms with E-state index in [1.54, 1.807) is 6.20 Å². The molecule has 4 rings (SSSR count). The molecule has 2 aromatic rings. The van der Waals surface area contributed by atoms with Crippen LogP contribution in [-0.4, -0.2) is 51.6 Å². The van der Waals surface area contributed by atoms with E-state index in [-0.39, 0.29) is 5.60 Å². The van der Waals surface area contributed by atoms with E-state index in [0.29, 0.717) is 12.5 Å². The van der Waals surface area contributed by atoms with Crippen molar-refractivity contribution in [3.63, 3.8) is 0 Å². The van der Waals surface area contributed by atoms with Crippen molar-refractivity contribution in [2.75, 3.05) is 26.3 Å². The SMILES string of the molecule is CCn1cc(CN2CC3(C2)OCC[C@H]3COCc2cccnc2)cn1. The van der Waals surface area contributed by atoms with E-state index in [9.17, 15) is 0 Å². The third kappa shape index (κ3) is 3.61. The number of ether oxygens (including phenoxy) is 2. The molecule has 6 nitrogen and oxygen atoms in total. The van der Waals surface area contributed by atoms with E-state index in [1.807, 2.05) is 23.1 Å². The molecule has 134 valence electrons. The normalized spacial score (nSPS) is 22.4. The minimum absolute atomic E-state index is 0.00428. The molecule has 0 aromatic carbocycles. The zero-order valence-electron chi connectivity index (χ0n) is 14.8. The fourth-order valence-corrected chi connectivity index (χ4v) is 3.91. The Balaban J connectivity index is 1.26. The van der Waals surface area contributed by atoms with Crippen LogP contribution in [0.15, 0.2) is 36.9 Å². The molecular weight excluding hydrogens is 316 g/mol. The second kappa shape index (κ2) is 7.23. The summed E-state index contributed by atoms with van der Waals surface area (Å²) in [6.45, 7) is 8.20. The largest absolute Gasteiger partial charge is 0.376 e. The molecule has 2 fully saturated rings. The van der Waals surface area contributed by atoms with Gasteiger partial charge in [0.25, 0.3) is 0 Å². The highest BCUT2D eigenvalue weighted by Gasteiger charge is 2.52. The van der Waals surface area contributed by atoms with Crippen molar-refractivity contribution in [2.24, 2.45) is 5.92 Å². The lowest BCUT2D eigenvalue weighted by Gasteiger charge is -2.50. The minimum atomic E-state index is -0.00428. The first-order valence-electron chi connectivity index (χ1n) is 9.12. The molecule has 25 heavy (non-hydrogen) atoms. The number of nitrogens with zero attached hydrogens (tertiary/aromatic N) is 4. The number of aryl methyl sites for hydroxylation is 1. The number of hydrogen-bond donors (Lipinski definition) is 0. The first kappa shape index (κ1) is 16.7. The summed E-state index contributed by atoms with van der Waals surface area (Å²) in [6, 6.07) is 4.00. The molecule has 6 heteroatoms. The van der Waals surface area contributed by atoms with Crippen molar-refractivity contribution in [3.05, 3.63) is 48.0 Å². The quantitative estimate of drug-likeness (QED) is 0.771. The predicted octanol–water partition coefficient (Wildman–Crippen LogP) is 2.11. The van der Waals surface area contributed by atoms with Gasteiger partial charge < -0.3 is 9.47 Å². The molecule has 0 unspecified atom stereocenters. The Bertz CT molecular complexity index is 682. The van der Waals surface area contributed by atoms with E-state index in [2.05, 4.69) is 34.2 Å². The van der Waals surface area contributed by atoms with Crippen LogP contribution in [-0.2, 0) is 29.2 Å². The lowest BCUT2D eigenvalue weighted by Crippen LogP contribution is -2.64. The smallest absolute Gasteiger partial charge is 0.0985 e. The first-order valence-corrected chi connectivity index (χ1v) is 9.12. The molecule has 1 spiro atoms. The van der Waals surface area contributed by atoms with Gasteiger partial charge in [-0.15, -0.1) is 0 Å². The van der Waals surface area contributed by atoms with Gasteiger partial charge in [0.05, 0.1) is 25.0 Å². The second-order valence-electron chi connectivity index (χ2n) is 7.12. The third-order valence-electron chi connectivity index (χ3n) is 5.31. The van der Waals surface area contributed by atoms with Gasteiger partial charge >= 0.3 is 0 Å². The van der Waals surface area contributed by atoms with Crippen LogP contribution in [0.4, 0.5) is 0 Å². The Morgan fingerprint density at radius 1 is 1.32 bits per heavy atom. The van der Waals surface area contributed by atoms with E-state index >= 15 is 0 Å². The van der Waals surface area contributed by atoms with Gasteiger partial charge in [-0.05, 0) is 25.0 Å². The molecule has 0 aliphatic carbocycles. The van der Waals surface area contributed by atoms with Crippen LogP contribution < -0.4 is 0 Å². The van der Waals surface area contributed by atoms with Crippen LogP contribution in [0.1, 0.15) is 24.5 Å². The highest BCUT2D eigenvalue weighted by Crippen LogP contribution is 2.40. The second-order valence-corrected chi connectivity index (χ2v) is 7.12. The summed E-state index contributed by atoms with van der Waals surface area (Å²) in [6.07, 6.45) is 8.85. The molecule has 0 bridgehead atoms. The van der Waals surface area contributed by atoms with E-state index in [4.69, 9.17) is 9.47 Å². The lowest BCUT2D eigenvalue weighted by atomic mass is 9.81. The third-order valence-corrected chi connectivity index (χ3v) is 5.31. The molecule has 2 aliphatic rings. The van der Waals surface area contributed by atoms with Gasteiger partial charge in [0.2, 0.25) is 0 Å². The van der Waals surface area contributed by atoms with Gasteiger partial charge in [0.15, 0.2) is 0 Å². The van der Waals surface area contributed by atoms with Crippen molar-refractivity contribution in [1.29, 1.82) is 0 Å². The Labute approximate surface area is 148 Å². The Hall–Kier alpha value is -1.76. The molecule has 0 N–H and O–H groups in total. The van der Waals surface area contributed by atoms with Crippen LogP contribution in [0.2, 0.25) is 0 Å². The molecule has 0 radical (unpaired) electrons. The Kier molecular flexibility index (Phi) is 4.83. The first-order chi connectivity index (χ1) is 12.3. The van der Waals surface area contributed by atoms with Crippen molar-refractivity contribution < 1.29 is 9.47 Å². The van der Waals surface area contributed by atoms with Crippen LogP contribution in [0.25, 0.3) is 0 Å². The Morgan fingerprint density at radius 3 is 3.00 bits per heavy atom.